The SMILES string of the molecule is C[C@@H](CC(=O)Nc1ncc(S(=O)(=O)c2ccc([N+](=O)[O-])cc2)s1)c1ccccc1. The van der Waals surface area contributed by atoms with Crippen LogP contribution < -0.4 is 5.32 Å². The van der Waals surface area contributed by atoms with Crippen LogP contribution in [-0.2, 0) is 14.6 Å². The van der Waals surface area contributed by atoms with E-state index in [1.165, 1.54) is 12.1 Å². The van der Waals surface area contributed by atoms with E-state index in [1.54, 1.807) is 0 Å². The first kappa shape index (κ1) is 20.6. The maximum atomic E-state index is 12.7. The smallest absolute Gasteiger partial charge is 0.269 e. The molecular weight excluding hydrogens is 414 g/mol. The molecule has 0 saturated carbocycles. The quantitative estimate of drug-likeness (QED) is 0.446. The molecule has 1 aromatic heterocycles. The summed E-state index contributed by atoms with van der Waals surface area (Å²) in [7, 11) is -3.88. The van der Waals surface area contributed by atoms with Crippen LogP contribution in [-0.4, -0.2) is 24.2 Å². The number of rotatable bonds is 7. The molecule has 0 radical (unpaired) electrons. The number of sulfone groups is 1. The molecule has 0 aliphatic carbocycles. The number of nitrogens with one attached hydrogen (secondary N) is 1. The lowest BCUT2D eigenvalue weighted by atomic mass is 9.98. The van der Waals surface area contributed by atoms with Gasteiger partial charge < -0.3 is 5.32 Å². The first-order valence-electron chi connectivity index (χ1n) is 8.57. The van der Waals surface area contributed by atoms with Gasteiger partial charge in [-0.2, -0.15) is 0 Å². The highest BCUT2D eigenvalue weighted by Gasteiger charge is 2.22. The van der Waals surface area contributed by atoms with Gasteiger partial charge in [-0.3, -0.25) is 14.9 Å². The minimum Gasteiger partial charge on any atom is -0.302 e. The number of carbonyl (C=O) groups excluding carboxylic acids is 1. The number of nitrogens with zero attached hydrogens (tertiary/aromatic N) is 2. The van der Waals surface area contributed by atoms with Crippen LogP contribution in [0, 0.1) is 10.1 Å². The highest BCUT2D eigenvalue weighted by molar-refractivity contribution is 7.93. The fraction of sp³-hybridized carbons (Fsp3) is 0.158. The van der Waals surface area contributed by atoms with Crippen molar-refractivity contribution in [3.63, 3.8) is 0 Å². The van der Waals surface area contributed by atoms with Crippen molar-refractivity contribution in [3.05, 3.63) is 76.5 Å². The summed E-state index contributed by atoms with van der Waals surface area (Å²) in [6.45, 7) is 1.93. The Bertz CT molecular complexity index is 1130. The van der Waals surface area contributed by atoms with Crippen LogP contribution in [0.25, 0.3) is 0 Å². The van der Waals surface area contributed by atoms with Crippen LogP contribution in [0.2, 0.25) is 0 Å². The fourth-order valence-electron chi connectivity index (χ4n) is 2.65. The maximum Gasteiger partial charge on any atom is 0.269 e. The van der Waals surface area contributed by atoms with E-state index in [1.807, 2.05) is 37.3 Å². The van der Waals surface area contributed by atoms with E-state index in [4.69, 9.17) is 0 Å². The number of benzene rings is 2. The number of carbonyl (C=O) groups is 1. The number of hydrogen-bond donors (Lipinski definition) is 1. The van der Waals surface area contributed by atoms with Gasteiger partial charge in [0.1, 0.15) is 4.21 Å². The summed E-state index contributed by atoms with van der Waals surface area (Å²) in [5, 5.41) is 13.5. The predicted molar refractivity (Wildman–Crippen MR) is 109 cm³/mol. The Balaban J connectivity index is 1.69. The molecule has 1 N–H and O–H groups in total. The van der Waals surface area contributed by atoms with E-state index in [0.717, 1.165) is 35.2 Å². The molecule has 8 nitrogen and oxygen atoms in total. The second kappa shape index (κ2) is 8.50. The lowest BCUT2D eigenvalue weighted by Gasteiger charge is -2.10. The van der Waals surface area contributed by atoms with Crippen molar-refractivity contribution in [2.75, 3.05) is 5.32 Å². The average Bonchev–Trinajstić information content (AvgIpc) is 3.17. The number of non-ortho nitro benzene ring substituents is 1. The Labute approximate surface area is 171 Å². The molecule has 0 spiro atoms. The van der Waals surface area contributed by atoms with Crippen LogP contribution in [0.5, 0.6) is 0 Å². The Morgan fingerprint density at radius 2 is 1.83 bits per heavy atom. The molecule has 2 aromatic carbocycles. The van der Waals surface area contributed by atoms with Gasteiger partial charge in [0.05, 0.1) is 16.0 Å². The summed E-state index contributed by atoms with van der Waals surface area (Å²) < 4.78 is 25.3. The first-order valence-corrected chi connectivity index (χ1v) is 10.9. The van der Waals surface area contributed by atoms with Crippen molar-refractivity contribution in [1.29, 1.82) is 0 Å². The second-order valence-electron chi connectivity index (χ2n) is 6.30. The molecule has 29 heavy (non-hydrogen) atoms. The largest absolute Gasteiger partial charge is 0.302 e. The number of nitro groups is 1. The lowest BCUT2D eigenvalue weighted by molar-refractivity contribution is -0.384. The van der Waals surface area contributed by atoms with E-state index in [2.05, 4.69) is 10.3 Å². The minimum atomic E-state index is -3.88. The second-order valence-corrected chi connectivity index (χ2v) is 9.51. The number of amides is 1. The zero-order valence-electron chi connectivity index (χ0n) is 15.3. The molecule has 150 valence electrons. The lowest BCUT2D eigenvalue weighted by Crippen LogP contribution is -2.14. The number of aromatic nitrogens is 1. The summed E-state index contributed by atoms with van der Waals surface area (Å²) in [5.74, 6) is -0.269. The summed E-state index contributed by atoms with van der Waals surface area (Å²) in [5.41, 5.74) is 0.831. The number of thiazole rings is 1. The molecule has 10 heteroatoms. The number of anilines is 1. The molecule has 1 heterocycles. The molecule has 0 aliphatic heterocycles. The van der Waals surface area contributed by atoms with E-state index in [0.29, 0.717) is 0 Å². The van der Waals surface area contributed by atoms with Crippen molar-refractivity contribution >= 4 is 37.9 Å². The zero-order chi connectivity index (χ0) is 21.0. The topological polar surface area (TPSA) is 119 Å². The van der Waals surface area contributed by atoms with E-state index < -0.39 is 14.8 Å². The van der Waals surface area contributed by atoms with Crippen LogP contribution in [0.15, 0.2) is 69.9 Å². The molecule has 0 unspecified atom stereocenters. The maximum absolute atomic E-state index is 12.7. The van der Waals surface area contributed by atoms with Crippen molar-refractivity contribution in [2.24, 2.45) is 0 Å². The Kier molecular flexibility index (Phi) is 6.04. The van der Waals surface area contributed by atoms with Gasteiger partial charge in [0, 0.05) is 18.6 Å². The van der Waals surface area contributed by atoms with Gasteiger partial charge >= 0.3 is 0 Å². The highest BCUT2D eigenvalue weighted by Crippen LogP contribution is 2.30. The van der Waals surface area contributed by atoms with Gasteiger partial charge in [0.2, 0.25) is 15.7 Å². The molecular formula is C19H17N3O5S2. The third kappa shape index (κ3) is 4.84. The van der Waals surface area contributed by atoms with Gasteiger partial charge in [-0.25, -0.2) is 13.4 Å². The summed E-state index contributed by atoms with van der Waals surface area (Å²) in [6, 6.07) is 14.2. The Morgan fingerprint density at radius 3 is 2.45 bits per heavy atom. The standard InChI is InChI=1S/C19H17N3O5S2/c1-13(14-5-3-2-4-6-14)11-17(23)21-19-20-12-18(28-19)29(26,27)16-9-7-15(8-10-16)22(24)25/h2-10,12-13H,11H2,1H3,(H,20,21,23)/t13-/m0/s1. The molecule has 3 aromatic rings. The third-order valence-corrected chi connectivity index (χ3v) is 7.36. The van der Waals surface area contributed by atoms with Crippen molar-refractivity contribution in [1.82, 2.24) is 4.98 Å². The van der Waals surface area contributed by atoms with Gasteiger partial charge in [0.15, 0.2) is 5.13 Å². The number of hydrogen-bond acceptors (Lipinski definition) is 7. The molecule has 3 rings (SSSR count). The van der Waals surface area contributed by atoms with Crippen LogP contribution in [0.3, 0.4) is 0 Å². The Hall–Kier alpha value is -3.11. The summed E-state index contributed by atoms with van der Waals surface area (Å²) in [6.07, 6.45) is 1.39. The molecule has 0 aliphatic rings. The van der Waals surface area contributed by atoms with E-state index >= 15 is 0 Å². The zero-order valence-corrected chi connectivity index (χ0v) is 16.9. The highest BCUT2D eigenvalue weighted by atomic mass is 32.2. The van der Waals surface area contributed by atoms with E-state index in [9.17, 15) is 23.3 Å². The molecule has 1 atom stereocenters. The molecule has 0 fully saturated rings. The van der Waals surface area contributed by atoms with Crippen molar-refractivity contribution < 1.29 is 18.1 Å². The predicted octanol–water partition coefficient (Wildman–Crippen LogP) is 4.02. The summed E-state index contributed by atoms with van der Waals surface area (Å²) in [4.78, 5) is 26.3. The Morgan fingerprint density at radius 1 is 1.17 bits per heavy atom. The monoisotopic (exact) mass is 431 g/mol. The number of nitro benzene ring substituents is 1. The van der Waals surface area contributed by atoms with Crippen molar-refractivity contribution in [2.45, 2.75) is 28.4 Å². The van der Waals surface area contributed by atoms with Crippen LogP contribution in [0.1, 0.15) is 24.8 Å². The fourth-order valence-corrected chi connectivity index (χ4v) is 5.10. The van der Waals surface area contributed by atoms with Gasteiger partial charge in [-0.1, -0.05) is 48.6 Å². The third-order valence-electron chi connectivity index (χ3n) is 4.21. The van der Waals surface area contributed by atoms with Crippen LogP contribution in [0.4, 0.5) is 10.8 Å². The molecule has 1 amide bonds. The first-order chi connectivity index (χ1) is 13.8. The van der Waals surface area contributed by atoms with Gasteiger partial charge in [-0.05, 0) is 23.6 Å². The van der Waals surface area contributed by atoms with Gasteiger partial charge in [-0.15, -0.1) is 0 Å². The van der Waals surface area contributed by atoms with Gasteiger partial charge in [0.25, 0.3) is 5.69 Å². The minimum absolute atomic E-state index is 0.000486. The van der Waals surface area contributed by atoms with Crippen molar-refractivity contribution in [3.8, 4) is 0 Å². The van der Waals surface area contributed by atoms with Crippen LogP contribution >= 0.6 is 11.3 Å². The molecule has 0 saturated heterocycles. The average molecular weight is 431 g/mol. The van der Waals surface area contributed by atoms with E-state index in [-0.39, 0.29) is 38.2 Å². The normalized spacial score (nSPS) is 12.3. The summed E-state index contributed by atoms with van der Waals surface area (Å²) >= 11 is 0.831. The molecule has 0 bridgehead atoms.